The summed E-state index contributed by atoms with van der Waals surface area (Å²) in [5.74, 6) is 0.00130. The Morgan fingerprint density at radius 2 is 2.22 bits per heavy atom. The van der Waals surface area contributed by atoms with Crippen molar-refractivity contribution < 1.29 is 14.6 Å². The van der Waals surface area contributed by atoms with Crippen LogP contribution in [0.15, 0.2) is 24.3 Å². The predicted octanol–water partition coefficient (Wildman–Crippen LogP) is 1.69. The molecule has 1 aliphatic rings. The zero-order valence-electron chi connectivity index (χ0n) is 10.6. The molecule has 2 rings (SSSR count). The second kappa shape index (κ2) is 5.87. The molecule has 4 nitrogen and oxygen atoms in total. The van der Waals surface area contributed by atoms with E-state index in [0.29, 0.717) is 0 Å². The third-order valence-electron chi connectivity index (χ3n) is 3.58. The number of para-hydroxylation sites is 1. The Morgan fingerprint density at radius 3 is 2.83 bits per heavy atom. The van der Waals surface area contributed by atoms with Gasteiger partial charge in [-0.3, -0.25) is 4.79 Å². The maximum absolute atomic E-state index is 10.9. The van der Waals surface area contributed by atoms with Gasteiger partial charge in [-0.1, -0.05) is 18.2 Å². The number of nitrogens with one attached hydrogen (secondary N) is 1. The lowest BCUT2D eigenvalue weighted by molar-refractivity contribution is -0.146. The second-order valence-electron chi connectivity index (χ2n) is 4.64. The van der Waals surface area contributed by atoms with Gasteiger partial charge >= 0.3 is 5.97 Å². The highest BCUT2D eigenvalue weighted by Crippen LogP contribution is 2.27. The summed E-state index contributed by atoms with van der Waals surface area (Å²) in [5.41, 5.74) is 1.15. The number of carboxylic acids is 1. The number of rotatable bonds is 6. The molecule has 18 heavy (non-hydrogen) atoms. The van der Waals surface area contributed by atoms with Gasteiger partial charge in [-0.25, -0.2) is 0 Å². The standard InChI is InChI=1S/C14H19NO3/c1-18-13-5-3-2-4-10(13)8-9-15-12-7-6-11(12)14(16)17/h2-5,11-12,15H,6-9H2,1H3,(H,16,17). The molecule has 0 radical (unpaired) electrons. The topological polar surface area (TPSA) is 58.6 Å². The van der Waals surface area contributed by atoms with Crippen molar-refractivity contribution in [1.82, 2.24) is 5.32 Å². The lowest BCUT2D eigenvalue weighted by Crippen LogP contribution is -2.48. The maximum Gasteiger partial charge on any atom is 0.308 e. The minimum Gasteiger partial charge on any atom is -0.496 e. The molecule has 1 fully saturated rings. The third kappa shape index (κ3) is 2.82. The van der Waals surface area contributed by atoms with Crippen LogP contribution >= 0.6 is 0 Å². The minimum atomic E-state index is -0.684. The highest BCUT2D eigenvalue weighted by molar-refractivity contribution is 5.72. The van der Waals surface area contributed by atoms with Crippen LogP contribution in [-0.4, -0.2) is 30.8 Å². The molecular weight excluding hydrogens is 230 g/mol. The van der Waals surface area contributed by atoms with Crippen molar-refractivity contribution in [3.63, 3.8) is 0 Å². The van der Waals surface area contributed by atoms with Crippen molar-refractivity contribution in [2.45, 2.75) is 25.3 Å². The highest BCUT2D eigenvalue weighted by Gasteiger charge is 2.35. The summed E-state index contributed by atoms with van der Waals surface area (Å²) < 4.78 is 5.28. The Labute approximate surface area is 107 Å². The van der Waals surface area contributed by atoms with Crippen molar-refractivity contribution >= 4 is 5.97 Å². The molecule has 1 aliphatic carbocycles. The first-order valence-corrected chi connectivity index (χ1v) is 6.30. The molecular formula is C14H19NO3. The van der Waals surface area contributed by atoms with E-state index in [4.69, 9.17) is 9.84 Å². The van der Waals surface area contributed by atoms with Crippen molar-refractivity contribution in [3.8, 4) is 5.75 Å². The SMILES string of the molecule is COc1ccccc1CCNC1CCC1C(=O)O. The molecule has 2 unspecified atom stereocenters. The van der Waals surface area contributed by atoms with Gasteiger partial charge in [0.2, 0.25) is 0 Å². The quantitative estimate of drug-likeness (QED) is 0.805. The van der Waals surface area contributed by atoms with Gasteiger partial charge in [0.25, 0.3) is 0 Å². The summed E-state index contributed by atoms with van der Waals surface area (Å²) in [4.78, 5) is 10.9. The Balaban J connectivity index is 1.80. The number of carboxylic acid groups (broad SMARTS) is 1. The van der Waals surface area contributed by atoms with Gasteiger partial charge in [0.15, 0.2) is 0 Å². The predicted molar refractivity (Wildman–Crippen MR) is 68.8 cm³/mol. The molecule has 1 aromatic carbocycles. The summed E-state index contributed by atoms with van der Waals surface area (Å²) in [6.07, 6.45) is 2.61. The number of hydrogen-bond donors (Lipinski definition) is 2. The van der Waals surface area contributed by atoms with E-state index in [0.717, 1.165) is 37.1 Å². The van der Waals surface area contributed by atoms with Crippen molar-refractivity contribution in [1.29, 1.82) is 0 Å². The second-order valence-corrected chi connectivity index (χ2v) is 4.64. The van der Waals surface area contributed by atoms with E-state index in [1.165, 1.54) is 0 Å². The lowest BCUT2D eigenvalue weighted by Gasteiger charge is -2.34. The normalized spacial score (nSPS) is 22.3. The Bertz CT molecular complexity index is 419. The molecule has 0 heterocycles. The van der Waals surface area contributed by atoms with E-state index in [1.54, 1.807) is 7.11 Å². The van der Waals surface area contributed by atoms with E-state index in [-0.39, 0.29) is 12.0 Å². The highest BCUT2D eigenvalue weighted by atomic mass is 16.5. The molecule has 0 aromatic heterocycles. The molecule has 1 aromatic rings. The first-order chi connectivity index (χ1) is 8.72. The Morgan fingerprint density at radius 1 is 1.44 bits per heavy atom. The van der Waals surface area contributed by atoms with Crippen LogP contribution < -0.4 is 10.1 Å². The van der Waals surface area contributed by atoms with Crippen LogP contribution in [0.5, 0.6) is 5.75 Å². The lowest BCUT2D eigenvalue weighted by atomic mass is 9.79. The van der Waals surface area contributed by atoms with E-state index < -0.39 is 5.97 Å². The van der Waals surface area contributed by atoms with Crippen LogP contribution in [0.4, 0.5) is 0 Å². The molecule has 0 bridgehead atoms. The fourth-order valence-corrected chi connectivity index (χ4v) is 2.34. The van der Waals surface area contributed by atoms with Gasteiger partial charge in [0.1, 0.15) is 5.75 Å². The molecule has 0 aliphatic heterocycles. The van der Waals surface area contributed by atoms with E-state index in [9.17, 15) is 4.79 Å². The number of hydrogen-bond acceptors (Lipinski definition) is 3. The molecule has 0 amide bonds. The van der Waals surface area contributed by atoms with Crippen LogP contribution in [0.1, 0.15) is 18.4 Å². The van der Waals surface area contributed by atoms with E-state index in [1.807, 2.05) is 24.3 Å². The number of carbonyl (C=O) groups is 1. The average Bonchev–Trinajstić information content (AvgIpc) is 2.32. The molecule has 4 heteroatoms. The van der Waals surface area contributed by atoms with Crippen molar-refractivity contribution in [3.05, 3.63) is 29.8 Å². The summed E-state index contributed by atoms with van der Waals surface area (Å²) in [6.45, 7) is 0.787. The maximum atomic E-state index is 10.9. The molecule has 2 N–H and O–H groups in total. The molecule has 0 saturated heterocycles. The summed E-state index contributed by atoms with van der Waals surface area (Å²) in [6, 6.07) is 8.05. The number of aliphatic carboxylic acids is 1. The fraction of sp³-hybridized carbons (Fsp3) is 0.500. The number of methoxy groups -OCH3 is 1. The smallest absolute Gasteiger partial charge is 0.308 e. The van der Waals surface area contributed by atoms with Crippen LogP contribution in [0.2, 0.25) is 0 Å². The first-order valence-electron chi connectivity index (χ1n) is 6.30. The Hall–Kier alpha value is -1.55. The van der Waals surface area contributed by atoms with E-state index in [2.05, 4.69) is 5.32 Å². The Kier molecular flexibility index (Phi) is 4.20. The van der Waals surface area contributed by atoms with Gasteiger partial charge in [0.05, 0.1) is 13.0 Å². The molecule has 1 saturated carbocycles. The molecule has 2 atom stereocenters. The van der Waals surface area contributed by atoms with Crippen LogP contribution in [0.25, 0.3) is 0 Å². The third-order valence-corrected chi connectivity index (χ3v) is 3.58. The van der Waals surface area contributed by atoms with Gasteiger partial charge < -0.3 is 15.2 Å². The molecule has 0 spiro atoms. The average molecular weight is 249 g/mol. The summed E-state index contributed by atoms with van der Waals surface area (Å²) in [5, 5.41) is 12.3. The monoisotopic (exact) mass is 249 g/mol. The van der Waals surface area contributed by atoms with Crippen LogP contribution in [0, 0.1) is 5.92 Å². The number of ether oxygens (including phenoxy) is 1. The summed E-state index contributed by atoms with van der Waals surface area (Å²) in [7, 11) is 1.67. The van der Waals surface area contributed by atoms with Gasteiger partial charge in [-0.2, -0.15) is 0 Å². The van der Waals surface area contributed by atoms with Gasteiger partial charge in [-0.15, -0.1) is 0 Å². The fourth-order valence-electron chi connectivity index (χ4n) is 2.34. The number of benzene rings is 1. The first kappa shape index (κ1) is 12.9. The summed E-state index contributed by atoms with van der Waals surface area (Å²) >= 11 is 0. The zero-order valence-corrected chi connectivity index (χ0v) is 10.6. The van der Waals surface area contributed by atoms with Crippen molar-refractivity contribution in [2.24, 2.45) is 5.92 Å². The van der Waals surface area contributed by atoms with Crippen molar-refractivity contribution in [2.75, 3.05) is 13.7 Å². The van der Waals surface area contributed by atoms with Gasteiger partial charge in [0, 0.05) is 6.04 Å². The van der Waals surface area contributed by atoms with E-state index >= 15 is 0 Å². The zero-order chi connectivity index (χ0) is 13.0. The minimum absolute atomic E-state index is 0.136. The van der Waals surface area contributed by atoms with Gasteiger partial charge in [-0.05, 0) is 37.4 Å². The van der Waals surface area contributed by atoms with Crippen LogP contribution in [0.3, 0.4) is 0 Å². The molecule has 98 valence electrons. The van der Waals surface area contributed by atoms with Crippen LogP contribution in [-0.2, 0) is 11.2 Å². The largest absolute Gasteiger partial charge is 0.496 e.